The Morgan fingerprint density at radius 3 is 2.85 bits per heavy atom. The first-order chi connectivity index (χ1) is 16.0. The Morgan fingerprint density at radius 1 is 1.24 bits per heavy atom. The lowest BCUT2D eigenvalue weighted by molar-refractivity contribution is -0.117. The van der Waals surface area contributed by atoms with Gasteiger partial charge in [-0.1, -0.05) is 29.4 Å². The fourth-order valence-corrected chi connectivity index (χ4v) is 4.24. The van der Waals surface area contributed by atoms with Gasteiger partial charge in [0, 0.05) is 30.4 Å². The minimum absolute atomic E-state index is 0.0636. The first kappa shape index (κ1) is 22.9. The Morgan fingerprint density at radius 2 is 2.09 bits per heavy atom. The molecule has 3 aromatic rings. The molecule has 1 aromatic heterocycles. The van der Waals surface area contributed by atoms with Gasteiger partial charge < -0.3 is 24.1 Å². The Hall–Kier alpha value is -3.24. The molecule has 0 saturated carbocycles. The largest absolute Gasteiger partial charge is 0.497 e. The molecule has 33 heavy (non-hydrogen) atoms. The number of methoxy groups -OCH3 is 2. The molecule has 0 spiro atoms. The second-order valence-electron chi connectivity index (χ2n) is 7.20. The van der Waals surface area contributed by atoms with Gasteiger partial charge in [0.2, 0.25) is 17.7 Å². The van der Waals surface area contributed by atoms with E-state index in [9.17, 15) is 9.59 Å². The van der Waals surface area contributed by atoms with E-state index in [0.717, 1.165) is 11.8 Å². The number of hydrogen-bond donors (Lipinski definition) is 1. The number of carbonyl (C=O) groups excluding carboxylic acids is 2. The van der Waals surface area contributed by atoms with Crippen molar-refractivity contribution in [1.29, 1.82) is 0 Å². The molecule has 0 aliphatic carbocycles. The molecule has 1 atom stereocenters. The highest BCUT2D eigenvalue weighted by atomic mass is 35.5. The summed E-state index contributed by atoms with van der Waals surface area (Å²) in [5.41, 5.74) is 1.31. The van der Waals surface area contributed by atoms with E-state index < -0.39 is 0 Å². The predicted molar refractivity (Wildman–Crippen MR) is 124 cm³/mol. The van der Waals surface area contributed by atoms with E-state index in [0.29, 0.717) is 40.3 Å². The predicted octanol–water partition coefficient (Wildman–Crippen LogP) is 3.99. The van der Waals surface area contributed by atoms with Crippen molar-refractivity contribution >= 4 is 46.6 Å². The molecule has 2 aromatic carbocycles. The van der Waals surface area contributed by atoms with Crippen molar-refractivity contribution in [1.82, 2.24) is 10.2 Å². The molecule has 4 rings (SSSR count). The Labute approximate surface area is 199 Å². The van der Waals surface area contributed by atoms with Gasteiger partial charge in [0.15, 0.2) is 0 Å². The fourth-order valence-electron chi connectivity index (χ4n) is 3.41. The lowest BCUT2D eigenvalue weighted by Crippen LogP contribution is -2.24. The smallest absolute Gasteiger partial charge is 0.277 e. The monoisotopic (exact) mass is 488 g/mol. The number of thioether (sulfide) groups is 1. The summed E-state index contributed by atoms with van der Waals surface area (Å²) in [6, 6.07) is 12.3. The molecule has 11 heteroatoms. The first-order valence-corrected chi connectivity index (χ1v) is 11.4. The van der Waals surface area contributed by atoms with Gasteiger partial charge in [-0.05, 0) is 30.3 Å². The third-order valence-electron chi connectivity index (χ3n) is 5.02. The number of nitrogens with zero attached hydrogens (tertiary/aromatic N) is 3. The van der Waals surface area contributed by atoms with Crippen molar-refractivity contribution in [2.75, 3.05) is 36.7 Å². The topological polar surface area (TPSA) is 107 Å². The number of benzene rings is 2. The molecule has 172 valence electrons. The number of nitrogens with one attached hydrogen (secondary N) is 1. The van der Waals surface area contributed by atoms with Gasteiger partial charge in [0.25, 0.3) is 5.22 Å². The summed E-state index contributed by atoms with van der Waals surface area (Å²) >= 11 is 7.32. The highest BCUT2D eigenvalue weighted by molar-refractivity contribution is 7.99. The lowest BCUT2D eigenvalue weighted by atomic mass is 10.1. The maximum atomic E-state index is 12.6. The van der Waals surface area contributed by atoms with E-state index in [1.54, 1.807) is 54.5 Å². The van der Waals surface area contributed by atoms with E-state index >= 15 is 0 Å². The zero-order valence-corrected chi connectivity index (χ0v) is 19.5. The van der Waals surface area contributed by atoms with Gasteiger partial charge in [0.1, 0.15) is 11.5 Å². The SMILES string of the molecule is COc1cccc(NC(=O)CSc2nnc([C@H]3CC(=O)N(c4ccc(OC)c(Cl)c4)C3)o2)c1. The van der Waals surface area contributed by atoms with Gasteiger partial charge in [-0.2, -0.15) is 0 Å². The van der Waals surface area contributed by atoms with Crippen LogP contribution in [0, 0.1) is 0 Å². The molecule has 1 aliphatic rings. The second-order valence-corrected chi connectivity index (χ2v) is 8.53. The van der Waals surface area contributed by atoms with Crippen LogP contribution in [0.5, 0.6) is 11.5 Å². The highest BCUT2D eigenvalue weighted by Crippen LogP contribution is 2.35. The third-order valence-corrected chi connectivity index (χ3v) is 6.14. The lowest BCUT2D eigenvalue weighted by Gasteiger charge is -2.17. The van der Waals surface area contributed by atoms with Crippen LogP contribution in [0.25, 0.3) is 0 Å². The molecule has 0 bridgehead atoms. The summed E-state index contributed by atoms with van der Waals surface area (Å²) in [6.07, 6.45) is 0.242. The minimum Gasteiger partial charge on any atom is -0.497 e. The molecule has 1 saturated heterocycles. The van der Waals surface area contributed by atoms with Crippen LogP contribution in [0.4, 0.5) is 11.4 Å². The van der Waals surface area contributed by atoms with Crippen molar-refractivity contribution in [3.05, 3.63) is 53.4 Å². The van der Waals surface area contributed by atoms with Crippen molar-refractivity contribution in [3.8, 4) is 11.5 Å². The Kier molecular flexibility index (Phi) is 7.05. The molecule has 0 radical (unpaired) electrons. The number of halogens is 1. The van der Waals surface area contributed by atoms with Gasteiger partial charge >= 0.3 is 0 Å². The normalized spacial score (nSPS) is 15.5. The average Bonchev–Trinajstić information content (AvgIpc) is 3.44. The summed E-state index contributed by atoms with van der Waals surface area (Å²) in [4.78, 5) is 26.4. The van der Waals surface area contributed by atoms with Gasteiger partial charge in [0.05, 0.1) is 30.9 Å². The number of ether oxygens (including phenoxy) is 2. The quantitative estimate of drug-likeness (QED) is 0.474. The standard InChI is InChI=1S/C22H21ClN4O5S/c1-30-16-5-3-4-14(9-16)24-19(28)12-33-22-26-25-21(32-22)13-8-20(29)27(11-13)15-6-7-18(31-2)17(23)10-15/h3-7,9-10,13H,8,11-12H2,1-2H3,(H,24,28)/t13-/m0/s1. The zero-order chi connectivity index (χ0) is 23.4. The number of amides is 2. The van der Waals surface area contributed by atoms with Crippen LogP contribution in [0.2, 0.25) is 5.02 Å². The second kappa shape index (κ2) is 10.1. The number of rotatable bonds is 8. The first-order valence-electron chi connectivity index (χ1n) is 10.0. The number of aromatic nitrogens is 2. The van der Waals surface area contributed by atoms with Gasteiger partial charge in [-0.3, -0.25) is 9.59 Å². The van der Waals surface area contributed by atoms with Crippen LogP contribution in [-0.2, 0) is 9.59 Å². The maximum absolute atomic E-state index is 12.6. The van der Waals surface area contributed by atoms with Crippen molar-refractivity contribution in [2.24, 2.45) is 0 Å². The van der Waals surface area contributed by atoms with Crippen molar-refractivity contribution < 1.29 is 23.5 Å². The maximum Gasteiger partial charge on any atom is 0.277 e. The molecule has 1 aliphatic heterocycles. The molecule has 1 fully saturated rings. The summed E-state index contributed by atoms with van der Waals surface area (Å²) in [7, 11) is 3.10. The van der Waals surface area contributed by atoms with E-state index in [1.807, 2.05) is 0 Å². The van der Waals surface area contributed by atoms with Crippen LogP contribution in [0.3, 0.4) is 0 Å². The summed E-state index contributed by atoms with van der Waals surface area (Å²) in [5, 5.41) is 11.6. The molecule has 2 heterocycles. The summed E-state index contributed by atoms with van der Waals surface area (Å²) in [6.45, 7) is 0.393. The van der Waals surface area contributed by atoms with E-state index in [2.05, 4.69) is 15.5 Å². The molecular formula is C22H21ClN4O5S. The van der Waals surface area contributed by atoms with Crippen molar-refractivity contribution in [2.45, 2.75) is 17.6 Å². The fraction of sp³-hybridized carbons (Fsp3) is 0.273. The molecular weight excluding hydrogens is 468 g/mol. The van der Waals surface area contributed by atoms with E-state index in [1.165, 1.54) is 7.11 Å². The third kappa shape index (κ3) is 5.40. The van der Waals surface area contributed by atoms with Crippen LogP contribution < -0.4 is 19.7 Å². The zero-order valence-electron chi connectivity index (χ0n) is 17.9. The Bertz CT molecular complexity index is 1170. The number of anilines is 2. The minimum atomic E-state index is -0.245. The molecule has 9 nitrogen and oxygen atoms in total. The molecule has 0 unspecified atom stereocenters. The average molecular weight is 489 g/mol. The van der Waals surface area contributed by atoms with Crippen LogP contribution >= 0.6 is 23.4 Å². The van der Waals surface area contributed by atoms with E-state index in [-0.39, 0.29) is 35.1 Å². The molecule has 2 amide bonds. The summed E-state index contributed by atoms with van der Waals surface area (Å²) in [5.74, 6) is 1.13. The van der Waals surface area contributed by atoms with Crippen LogP contribution in [0.1, 0.15) is 18.2 Å². The van der Waals surface area contributed by atoms with Gasteiger partial charge in [-0.15, -0.1) is 10.2 Å². The van der Waals surface area contributed by atoms with Gasteiger partial charge in [-0.25, -0.2) is 0 Å². The number of hydrogen-bond acceptors (Lipinski definition) is 8. The molecule has 1 N–H and O–H groups in total. The number of carbonyl (C=O) groups is 2. The van der Waals surface area contributed by atoms with E-state index in [4.69, 9.17) is 25.5 Å². The summed E-state index contributed by atoms with van der Waals surface area (Å²) < 4.78 is 16.0. The Balaban J connectivity index is 1.34. The van der Waals surface area contributed by atoms with Crippen molar-refractivity contribution in [3.63, 3.8) is 0 Å². The van der Waals surface area contributed by atoms with Crippen LogP contribution in [0.15, 0.2) is 52.1 Å². The van der Waals surface area contributed by atoms with Crippen LogP contribution in [-0.4, -0.2) is 48.5 Å². The highest BCUT2D eigenvalue weighted by Gasteiger charge is 2.35.